The molecule has 0 atom stereocenters. The number of benzene rings is 1. The summed E-state index contributed by atoms with van der Waals surface area (Å²) < 4.78 is 11.0. The predicted octanol–water partition coefficient (Wildman–Crippen LogP) is 2.18. The summed E-state index contributed by atoms with van der Waals surface area (Å²) in [5.41, 5.74) is 6.17. The summed E-state index contributed by atoms with van der Waals surface area (Å²) >= 11 is 3.35. The lowest BCUT2D eigenvalue weighted by Gasteiger charge is -1.99. The van der Waals surface area contributed by atoms with E-state index in [9.17, 15) is 0 Å². The van der Waals surface area contributed by atoms with Gasteiger partial charge in [0, 0.05) is 4.47 Å². The summed E-state index contributed by atoms with van der Waals surface area (Å²) in [6, 6.07) is 3.63. The minimum absolute atomic E-state index is 0.362. The van der Waals surface area contributed by atoms with Gasteiger partial charge in [0.2, 0.25) is 5.58 Å². The van der Waals surface area contributed by atoms with Crippen LogP contribution in [0.4, 0.5) is 5.82 Å². The highest BCUT2D eigenvalue weighted by Crippen LogP contribution is 2.34. The fourth-order valence-electron chi connectivity index (χ4n) is 1.17. The van der Waals surface area contributed by atoms with Gasteiger partial charge < -0.3 is 15.0 Å². The molecule has 0 aliphatic carbocycles. The molecule has 0 saturated carbocycles. The summed E-state index contributed by atoms with van der Waals surface area (Å²) in [5, 5.41) is 4.41. The predicted molar refractivity (Wildman–Crippen MR) is 52.7 cm³/mol. The molecular formula is C8H7BrN2O2. The zero-order chi connectivity index (χ0) is 9.42. The Labute approximate surface area is 82.8 Å². The SMILES string of the molecule is COc1ccc(Br)c2c(N)noc12. The molecule has 0 unspecified atom stereocenters. The Morgan fingerprint density at radius 2 is 2.31 bits per heavy atom. The first kappa shape index (κ1) is 8.37. The zero-order valence-electron chi connectivity index (χ0n) is 6.87. The van der Waals surface area contributed by atoms with Crippen molar-refractivity contribution < 1.29 is 9.26 Å². The second-order valence-electron chi connectivity index (χ2n) is 2.52. The Morgan fingerprint density at radius 1 is 1.54 bits per heavy atom. The third kappa shape index (κ3) is 1.16. The first-order valence-corrected chi connectivity index (χ1v) is 4.40. The van der Waals surface area contributed by atoms with Crippen molar-refractivity contribution in [2.24, 2.45) is 0 Å². The largest absolute Gasteiger partial charge is 0.493 e. The normalized spacial score (nSPS) is 10.6. The lowest BCUT2D eigenvalue weighted by atomic mass is 10.2. The fourth-order valence-corrected chi connectivity index (χ4v) is 1.69. The van der Waals surface area contributed by atoms with Crippen molar-refractivity contribution in [1.82, 2.24) is 5.16 Å². The van der Waals surface area contributed by atoms with Gasteiger partial charge in [-0.1, -0.05) is 5.16 Å². The maximum Gasteiger partial charge on any atom is 0.211 e. The smallest absolute Gasteiger partial charge is 0.211 e. The van der Waals surface area contributed by atoms with Crippen LogP contribution in [0.15, 0.2) is 21.1 Å². The van der Waals surface area contributed by atoms with E-state index in [1.807, 2.05) is 6.07 Å². The Hall–Kier alpha value is -1.23. The van der Waals surface area contributed by atoms with Crippen LogP contribution in [-0.4, -0.2) is 12.3 Å². The number of hydrogen-bond acceptors (Lipinski definition) is 4. The molecule has 4 nitrogen and oxygen atoms in total. The van der Waals surface area contributed by atoms with E-state index < -0.39 is 0 Å². The van der Waals surface area contributed by atoms with Crippen molar-refractivity contribution in [2.45, 2.75) is 0 Å². The van der Waals surface area contributed by atoms with Crippen molar-refractivity contribution in [1.29, 1.82) is 0 Å². The third-order valence-electron chi connectivity index (χ3n) is 1.78. The van der Waals surface area contributed by atoms with Crippen molar-refractivity contribution in [3.05, 3.63) is 16.6 Å². The molecular weight excluding hydrogens is 236 g/mol. The van der Waals surface area contributed by atoms with E-state index in [0.29, 0.717) is 17.2 Å². The molecule has 0 radical (unpaired) electrons. The highest BCUT2D eigenvalue weighted by Gasteiger charge is 2.13. The van der Waals surface area contributed by atoms with Gasteiger partial charge in [0.25, 0.3) is 0 Å². The Kier molecular flexibility index (Phi) is 1.88. The number of nitrogen functional groups attached to an aromatic ring is 1. The molecule has 2 rings (SSSR count). The number of aromatic nitrogens is 1. The molecule has 1 aromatic heterocycles. The van der Waals surface area contributed by atoms with E-state index >= 15 is 0 Å². The first-order valence-electron chi connectivity index (χ1n) is 3.61. The molecule has 0 spiro atoms. The van der Waals surface area contributed by atoms with E-state index in [1.165, 1.54) is 0 Å². The van der Waals surface area contributed by atoms with Crippen molar-refractivity contribution in [3.8, 4) is 5.75 Å². The number of methoxy groups -OCH3 is 1. The Bertz CT molecular complexity index is 453. The van der Waals surface area contributed by atoms with Crippen LogP contribution in [0, 0.1) is 0 Å². The molecule has 13 heavy (non-hydrogen) atoms. The van der Waals surface area contributed by atoms with Crippen LogP contribution >= 0.6 is 15.9 Å². The number of nitrogens with zero attached hydrogens (tertiary/aromatic N) is 1. The summed E-state index contributed by atoms with van der Waals surface area (Å²) in [7, 11) is 1.57. The number of ether oxygens (including phenoxy) is 1. The number of rotatable bonds is 1. The Morgan fingerprint density at radius 3 is 3.00 bits per heavy atom. The van der Waals surface area contributed by atoms with Gasteiger partial charge in [0.1, 0.15) is 0 Å². The number of halogens is 1. The van der Waals surface area contributed by atoms with E-state index in [-0.39, 0.29) is 0 Å². The maximum absolute atomic E-state index is 5.61. The zero-order valence-corrected chi connectivity index (χ0v) is 8.46. The standard InChI is InChI=1S/C8H7BrN2O2/c1-12-5-3-2-4(9)6-7(5)13-11-8(6)10/h2-3H,1H3,(H2,10,11). The molecule has 0 aliphatic rings. The van der Waals surface area contributed by atoms with Crippen molar-refractivity contribution in [2.75, 3.05) is 12.8 Å². The topological polar surface area (TPSA) is 61.3 Å². The lowest BCUT2D eigenvalue weighted by Crippen LogP contribution is -1.86. The molecule has 0 amide bonds. The van der Waals surface area contributed by atoms with Crippen LogP contribution in [0.3, 0.4) is 0 Å². The Balaban J connectivity index is 2.87. The van der Waals surface area contributed by atoms with Gasteiger partial charge in [-0.05, 0) is 28.1 Å². The quantitative estimate of drug-likeness (QED) is 0.833. The van der Waals surface area contributed by atoms with Gasteiger partial charge >= 0.3 is 0 Å². The first-order chi connectivity index (χ1) is 6.24. The van der Waals surface area contributed by atoms with Gasteiger partial charge in [-0.15, -0.1) is 0 Å². The average molecular weight is 243 g/mol. The molecule has 5 heteroatoms. The average Bonchev–Trinajstić information content (AvgIpc) is 2.50. The van der Waals surface area contributed by atoms with E-state index in [2.05, 4.69) is 21.1 Å². The van der Waals surface area contributed by atoms with Crippen LogP contribution in [0.1, 0.15) is 0 Å². The van der Waals surface area contributed by atoms with Gasteiger partial charge in [-0.3, -0.25) is 0 Å². The summed E-state index contributed by atoms with van der Waals surface area (Å²) in [4.78, 5) is 0. The minimum atomic E-state index is 0.362. The van der Waals surface area contributed by atoms with E-state index in [1.54, 1.807) is 13.2 Å². The van der Waals surface area contributed by atoms with Crippen LogP contribution in [-0.2, 0) is 0 Å². The van der Waals surface area contributed by atoms with Crippen molar-refractivity contribution >= 4 is 32.7 Å². The molecule has 0 bridgehead atoms. The monoisotopic (exact) mass is 242 g/mol. The maximum atomic E-state index is 5.61. The molecule has 2 N–H and O–H groups in total. The number of nitrogens with two attached hydrogens (primary N) is 1. The van der Waals surface area contributed by atoms with Crippen LogP contribution in [0.2, 0.25) is 0 Å². The van der Waals surface area contributed by atoms with Crippen LogP contribution < -0.4 is 10.5 Å². The lowest BCUT2D eigenvalue weighted by molar-refractivity contribution is 0.394. The number of hydrogen-bond donors (Lipinski definition) is 1. The molecule has 1 heterocycles. The molecule has 0 fully saturated rings. The highest BCUT2D eigenvalue weighted by atomic mass is 79.9. The summed E-state index contributed by atoms with van der Waals surface area (Å²) in [6.45, 7) is 0. The van der Waals surface area contributed by atoms with Gasteiger partial charge in [-0.2, -0.15) is 0 Å². The van der Waals surface area contributed by atoms with Gasteiger partial charge in [0.15, 0.2) is 11.6 Å². The van der Waals surface area contributed by atoms with Gasteiger partial charge in [-0.25, -0.2) is 0 Å². The number of fused-ring (bicyclic) bond motifs is 1. The molecule has 2 aromatic rings. The van der Waals surface area contributed by atoms with Crippen molar-refractivity contribution in [3.63, 3.8) is 0 Å². The molecule has 1 aromatic carbocycles. The molecule has 0 saturated heterocycles. The summed E-state index contributed by atoms with van der Waals surface area (Å²) in [6.07, 6.45) is 0. The molecule has 0 aliphatic heterocycles. The third-order valence-corrected chi connectivity index (χ3v) is 2.44. The van der Waals surface area contributed by atoms with E-state index in [0.717, 1.165) is 9.86 Å². The summed E-state index contributed by atoms with van der Waals surface area (Å²) in [5.74, 6) is 0.989. The highest BCUT2D eigenvalue weighted by molar-refractivity contribution is 9.10. The number of anilines is 1. The van der Waals surface area contributed by atoms with E-state index in [4.69, 9.17) is 15.0 Å². The second-order valence-corrected chi connectivity index (χ2v) is 3.38. The van der Waals surface area contributed by atoms with Gasteiger partial charge in [0.05, 0.1) is 12.5 Å². The molecule has 68 valence electrons. The van der Waals surface area contributed by atoms with Crippen LogP contribution in [0.5, 0.6) is 5.75 Å². The minimum Gasteiger partial charge on any atom is -0.493 e. The fraction of sp³-hybridized carbons (Fsp3) is 0.125. The second kappa shape index (κ2) is 2.92. The van der Waals surface area contributed by atoms with Crippen LogP contribution in [0.25, 0.3) is 11.0 Å².